The Hall–Kier alpha value is -1.80. The SMILES string of the molecule is Cc1ccc2c(c1)CC(CC(C)C(O)c1ccccc1)O2. The Bertz CT molecular complexity index is 606. The highest BCUT2D eigenvalue weighted by molar-refractivity contribution is 5.40. The van der Waals surface area contributed by atoms with E-state index in [4.69, 9.17) is 4.74 Å². The lowest BCUT2D eigenvalue weighted by molar-refractivity contribution is 0.0845. The number of fused-ring (bicyclic) bond motifs is 1. The molecule has 21 heavy (non-hydrogen) atoms. The first kappa shape index (κ1) is 14.2. The van der Waals surface area contributed by atoms with Gasteiger partial charge in [0, 0.05) is 6.42 Å². The molecule has 2 nitrogen and oxygen atoms in total. The van der Waals surface area contributed by atoms with E-state index in [-0.39, 0.29) is 12.0 Å². The number of benzene rings is 2. The second kappa shape index (κ2) is 5.90. The van der Waals surface area contributed by atoms with Gasteiger partial charge in [-0.3, -0.25) is 0 Å². The topological polar surface area (TPSA) is 29.5 Å². The number of aliphatic hydroxyl groups is 1. The number of hydrogen-bond donors (Lipinski definition) is 1. The van der Waals surface area contributed by atoms with Gasteiger partial charge in [0.25, 0.3) is 0 Å². The molecule has 3 atom stereocenters. The fourth-order valence-corrected chi connectivity index (χ4v) is 3.10. The molecular formula is C19H22O2. The molecule has 0 saturated heterocycles. The zero-order valence-corrected chi connectivity index (χ0v) is 12.6. The first-order valence-electron chi connectivity index (χ1n) is 7.62. The Kier molecular flexibility index (Phi) is 3.98. The van der Waals surface area contributed by atoms with Gasteiger partial charge in [-0.25, -0.2) is 0 Å². The summed E-state index contributed by atoms with van der Waals surface area (Å²) < 4.78 is 6.01. The van der Waals surface area contributed by atoms with Gasteiger partial charge in [-0.05, 0) is 36.5 Å². The fourth-order valence-electron chi connectivity index (χ4n) is 3.10. The molecule has 0 aliphatic carbocycles. The van der Waals surface area contributed by atoms with E-state index in [1.807, 2.05) is 30.3 Å². The zero-order valence-electron chi connectivity index (χ0n) is 12.6. The number of ether oxygens (including phenoxy) is 1. The van der Waals surface area contributed by atoms with Crippen molar-refractivity contribution in [2.75, 3.05) is 0 Å². The van der Waals surface area contributed by atoms with Gasteiger partial charge >= 0.3 is 0 Å². The van der Waals surface area contributed by atoms with E-state index in [2.05, 4.69) is 32.0 Å². The monoisotopic (exact) mass is 282 g/mol. The third-order valence-electron chi connectivity index (χ3n) is 4.27. The molecule has 0 saturated carbocycles. The van der Waals surface area contributed by atoms with Crippen LogP contribution in [-0.4, -0.2) is 11.2 Å². The number of rotatable bonds is 4. The lowest BCUT2D eigenvalue weighted by Crippen LogP contribution is -2.20. The average molecular weight is 282 g/mol. The Labute approximate surface area is 126 Å². The Morgan fingerprint density at radius 2 is 1.95 bits per heavy atom. The Morgan fingerprint density at radius 1 is 1.19 bits per heavy atom. The lowest BCUT2D eigenvalue weighted by Gasteiger charge is -2.22. The molecule has 0 bridgehead atoms. The summed E-state index contributed by atoms with van der Waals surface area (Å²) in [5, 5.41) is 10.5. The second-order valence-electron chi connectivity index (χ2n) is 6.12. The van der Waals surface area contributed by atoms with Crippen molar-refractivity contribution in [1.82, 2.24) is 0 Å². The largest absolute Gasteiger partial charge is 0.490 e. The first-order valence-corrected chi connectivity index (χ1v) is 7.62. The second-order valence-corrected chi connectivity index (χ2v) is 6.12. The summed E-state index contributed by atoms with van der Waals surface area (Å²) in [5.74, 6) is 1.18. The van der Waals surface area contributed by atoms with E-state index in [0.717, 1.165) is 24.2 Å². The molecule has 1 heterocycles. The predicted molar refractivity (Wildman–Crippen MR) is 84.5 cm³/mol. The predicted octanol–water partition coefficient (Wildman–Crippen LogP) is 4.06. The van der Waals surface area contributed by atoms with Crippen LogP contribution in [0.3, 0.4) is 0 Å². The number of aliphatic hydroxyl groups excluding tert-OH is 1. The van der Waals surface area contributed by atoms with E-state index in [0.29, 0.717) is 0 Å². The summed E-state index contributed by atoms with van der Waals surface area (Å²) in [7, 11) is 0. The smallest absolute Gasteiger partial charge is 0.123 e. The van der Waals surface area contributed by atoms with E-state index in [1.54, 1.807) is 0 Å². The van der Waals surface area contributed by atoms with Crippen LogP contribution in [0, 0.1) is 12.8 Å². The van der Waals surface area contributed by atoms with Gasteiger partial charge in [0.2, 0.25) is 0 Å². The van der Waals surface area contributed by atoms with Crippen LogP contribution in [-0.2, 0) is 6.42 Å². The highest BCUT2D eigenvalue weighted by Gasteiger charge is 2.27. The number of aryl methyl sites for hydroxylation is 1. The summed E-state index contributed by atoms with van der Waals surface area (Å²) in [5.41, 5.74) is 3.55. The van der Waals surface area contributed by atoms with Crippen LogP contribution in [0.5, 0.6) is 5.75 Å². The standard InChI is InChI=1S/C19H22O2/c1-13-8-9-18-16(10-13)12-17(21-18)11-14(2)19(20)15-6-4-3-5-7-15/h3-10,14,17,19-20H,11-12H2,1-2H3. The third-order valence-corrected chi connectivity index (χ3v) is 4.27. The van der Waals surface area contributed by atoms with Crippen LogP contribution in [0.1, 0.15) is 36.1 Å². The molecule has 0 radical (unpaired) electrons. The quantitative estimate of drug-likeness (QED) is 0.916. The van der Waals surface area contributed by atoms with Crippen LogP contribution in [0.4, 0.5) is 0 Å². The van der Waals surface area contributed by atoms with Crippen molar-refractivity contribution < 1.29 is 9.84 Å². The lowest BCUT2D eigenvalue weighted by atomic mass is 9.91. The van der Waals surface area contributed by atoms with Crippen LogP contribution < -0.4 is 4.74 Å². The minimum absolute atomic E-state index is 0.174. The molecule has 0 fully saturated rings. The van der Waals surface area contributed by atoms with Crippen molar-refractivity contribution in [2.45, 2.75) is 38.9 Å². The molecule has 1 aliphatic heterocycles. The Morgan fingerprint density at radius 3 is 2.71 bits per heavy atom. The summed E-state index contributed by atoms with van der Waals surface area (Å²) >= 11 is 0. The van der Waals surface area contributed by atoms with Crippen LogP contribution >= 0.6 is 0 Å². The van der Waals surface area contributed by atoms with Gasteiger partial charge in [-0.2, -0.15) is 0 Å². The van der Waals surface area contributed by atoms with Gasteiger partial charge < -0.3 is 9.84 Å². The molecular weight excluding hydrogens is 260 g/mol. The van der Waals surface area contributed by atoms with Crippen molar-refractivity contribution >= 4 is 0 Å². The molecule has 2 heteroatoms. The summed E-state index contributed by atoms with van der Waals surface area (Å²) in [6, 6.07) is 16.2. The molecule has 1 N–H and O–H groups in total. The summed E-state index contributed by atoms with van der Waals surface area (Å²) in [6.45, 7) is 4.20. The van der Waals surface area contributed by atoms with Gasteiger partial charge in [-0.1, -0.05) is 55.0 Å². The van der Waals surface area contributed by atoms with Gasteiger partial charge in [-0.15, -0.1) is 0 Å². The molecule has 3 unspecified atom stereocenters. The molecule has 1 aliphatic rings. The minimum Gasteiger partial charge on any atom is -0.490 e. The maximum Gasteiger partial charge on any atom is 0.123 e. The van der Waals surface area contributed by atoms with Gasteiger partial charge in [0.15, 0.2) is 0 Å². The van der Waals surface area contributed by atoms with Gasteiger partial charge in [0.05, 0.1) is 6.10 Å². The molecule has 0 amide bonds. The van der Waals surface area contributed by atoms with Crippen molar-refractivity contribution in [3.05, 3.63) is 65.2 Å². The molecule has 0 aromatic heterocycles. The average Bonchev–Trinajstić information content (AvgIpc) is 2.88. The summed E-state index contributed by atoms with van der Waals surface area (Å²) in [4.78, 5) is 0. The van der Waals surface area contributed by atoms with Crippen LogP contribution in [0.15, 0.2) is 48.5 Å². The van der Waals surface area contributed by atoms with Gasteiger partial charge in [0.1, 0.15) is 11.9 Å². The van der Waals surface area contributed by atoms with Crippen LogP contribution in [0.2, 0.25) is 0 Å². The molecule has 2 aromatic rings. The van der Waals surface area contributed by atoms with Crippen molar-refractivity contribution in [3.8, 4) is 5.75 Å². The zero-order chi connectivity index (χ0) is 14.8. The van der Waals surface area contributed by atoms with E-state index >= 15 is 0 Å². The van der Waals surface area contributed by atoms with Crippen molar-refractivity contribution in [1.29, 1.82) is 0 Å². The van der Waals surface area contributed by atoms with E-state index in [9.17, 15) is 5.11 Å². The van der Waals surface area contributed by atoms with E-state index < -0.39 is 6.10 Å². The maximum atomic E-state index is 10.5. The molecule has 0 spiro atoms. The molecule has 2 aromatic carbocycles. The highest BCUT2D eigenvalue weighted by Crippen LogP contribution is 2.34. The molecule has 110 valence electrons. The minimum atomic E-state index is -0.430. The van der Waals surface area contributed by atoms with Crippen molar-refractivity contribution in [3.63, 3.8) is 0 Å². The third kappa shape index (κ3) is 3.11. The highest BCUT2D eigenvalue weighted by atomic mass is 16.5. The summed E-state index contributed by atoms with van der Waals surface area (Å²) in [6.07, 6.45) is 1.56. The van der Waals surface area contributed by atoms with Crippen molar-refractivity contribution in [2.24, 2.45) is 5.92 Å². The normalized spacial score (nSPS) is 19.7. The Balaban J connectivity index is 1.63. The number of hydrogen-bond acceptors (Lipinski definition) is 2. The fraction of sp³-hybridized carbons (Fsp3) is 0.368. The first-order chi connectivity index (χ1) is 10.1. The van der Waals surface area contributed by atoms with Crippen LogP contribution in [0.25, 0.3) is 0 Å². The maximum absolute atomic E-state index is 10.5. The van der Waals surface area contributed by atoms with E-state index in [1.165, 1.54) is 11.1 Å². The molecule has 3 rings (SSSR count).